The molecule has 1 saturated heterocycles. The monoisotopic (exact) mass is 314 g/mol. The molecule has 4 heteroatoms. The minimum Gasteiger partial charge on any atom is -0.387 e. The third-order valence-electron chi connectivity index (χ3n) is 4.64. The molecular formula is C19H23FN2O. The van der Waals surface area contributed by atoms with Crippen LogP contribution in [0, 0.1) is 11.7 Å². The number of nitrogens with zero attached hydrogens (tertiary/aromatic N) is 2. The predicted octanol–water partition coefficient (Wildman–Crippen LogP) is 3.21. The largest absolute Gasteiger partial charge is 0.387 e. The lowest BCUT2D eigenvalue weighted by Crippen LogP contribution is -2.37. The summed E-state index contributed by atoms with van der Waals surface area (Å²) < 4.78 is 12.9. The highest BCUT2D eigenvalue weighted by Crippen LogP contribution is 2.23. The van der Waals surface area contributed by atoms with Crippen LogP contribution in [0.2, 0.25) is 0 Å². The summed E-state index contributed by atoms with van der Waals surface area (Å²) in [4.78, 5) is 6.47. The number of rotatable bonds is 5. The summed E-state index contributed by atoms with van der Waals surface area (Å²) in [5, 5.41) is 10.3. The molecule has 0 radical (unpaired) electrons. The first-order valence-corrected chi connectivity index (χ1v) is 8.25. The molecule has 0 saturated carbocycles. The zero-order valence-electron chi connectivity index (χ0n) is 13.2. The van der Waals surface area contributed by atoms with Crippen LogP contribution in [-0.4, -0.2) is 34.6 Å². The smallest absolute Gasteiger partial charge is 0.123 e. The van der Waals surface area contributed by atoms with Gasteiger partial charge < -0.3 is 10.0 Å². The van der Waals surface area contributed by atoms with Gasteiger partial charge in [0.05, 0.1) is 6.10 Å². The van der Waals surface area contributed by atoms with Crippen molar-refractivity contribution in [1.29, 1.82) is 0 Å². The molecule has 23 heavy (non-hydrogen) atoms. The number of likely N-dealkylation sites (tertiary alicyclic amines) is 1. The van der Waals surface area contributed by atoms with Gasteiger partial charge in [0.15, 0.2) is 0 Å². The van der Waals surface area contributed by atoms with Crippen molar-refractivity contribution in [3.05, 3.63) is 65.7 Å². The molecule has 0 spiro atoms. The van der Waals surface area contributed by atoms with E-state index in [1.54, 1.807) is 12.1 Å². The zero-order valence-corrected chi connectivity index (χ0v) is 13.2. The average Bonchev–Trinajstić information content (AvgIpc) is 2.58. The number of benzene rings is 1. The maximum absolute atomic E-state index is 12.9. The fraction of sp³-hybridized carbons (Fsp3) is 0.421. The van der Waals surface area contributed by atoms with Gasteiger partial charge in [0.25, 0.3) is 0 Å². The van der Waals surface area contributed by atoms with Crippen LogP contribution in [0.15, 0.2) is 48.8 Å². The van der Waals surface area contributed by atoms with Gasteiger partial charge in [-0.05, 0) is 67.6 Å². The predicted molar refractivity (Wildman–Crippen MR) is 88.5 cm³/mol. The first-order valence-electron chi connectivity index (χ1n) is 8.25. The molecule has 3 nitrogen and oxygen atoms in total. The van der Waals surface area contributed by atoms with Crippen molar-refractivity contribution in [2.75, 3.05) is 19.6 Å². The number of aliphatic hydroxyl groups excluding tert-OH is 1. The van der Waals surface area contributed by atoms with Gasteiger partial charge in [-0.3, -0.25) is 4.98 Å². The van der Waals surface area contributed by atoms with Crippen molar-refractivity contribution in [2.24, 2.45) is 5.92 Å². The summed E-state index contributed by atoms with van der Waals surface area (Å²) in [5.74, 6) is 0.426. The molecular weight excluding hydrogens is 291 g/mol. The molecule has 2 aromatic rings. The molecule has 0 aliphatic carbocycles. The molecule has 1 aromatic carbocycles. The highest BCUT2D eigenvalue weighted by Gasteiger charge is 2.21. The first-order chi connectivity index (χ1) is 11.2. The number of piperidine rings is 1. The van der Waals surface area contributed by atoms with Gasteiger partial charge in [0, 0.05) is 18.9 Å². The molecule has 1 aromatic heterocycles. The van der Waals surface area contributed by atoms with Crippen LogP contribution in [0.5, 0.6) is 0 Å². The molecule has 0 bridgehead atoms. The maximum Gasteiger partial charge on any atom is 0.123 e. The van der Waals surface area contributed by atoms with Crippen LogP contribution in [-0.2, 0) is 6.42 Å². The topological polar surface area (TPSA) is 36.4 Å². The molecule has 0 amide bonds. The summed E-state index contributed by atoms with van der Waals surface area (Å²) >= 11 is 0. The summed E-state index contributed by atoms with van der Waals surface area (Å²) in [5.41, 5.74) is 2.08. The number of pyridine rings is 1. The van der Waals surface area contributed by atoms with Crippen molar-refractivity contribution in [3.8, 4) is 0 Å². The maximum atomic E-state index is 12.9. The Hall–Kier alpha value is -1.78. The Bertz CT molecular complexity index is 595. The first kappa shape index (κ1) is 16.1. The van der Waals surface area contributed by atoms with Gasteiger partial charge in [-0.25, -0.2) is 4.39 Å². The van der Waals surface area contributed by atoms with Crippen LogP contribution >= 0.6 is 0 Å². The SMILES string of the molecule is OC(CN1CCC(Cc2cccnc2)CC1)c1ccc(F)cc1. The van der Waals surface area contributed by atoms with Crippen molar-refractivity contribution >= 4 is 0 Å². The van der Waals surface area contributed by atoms with Gasteiger partial charge >= 0.3 is 0 Å². The van der Waals surface area contributed by atoms with E-state index in [9.17, 15) is 9.50 Å². The van der Waals surface area contributed by atoms with Gasteiger partial charge in [-0.1, -0.05) is 18.2 Å². The Morgan fingerprint density at radius 1 is 1.17 bits per heavy atom. The van der Waals surface area contributed by atoms with Gasteiger partial charge in [-0.15, -0.1) is 0 Å². The lowest BCUT2D eigenvalue weighted by molar-refractivity contribution is 0.0892. The van der Waals surface area contributed by atoms with Crippen molar-refractivity contribution in [3.63, 3.8) is 0 Å². The van der Waals surface area contributed by atoms with E-state index < -0.39 is 6.10 Å². The molecule has 1 atom stereocenters. The highest BCUT2D eigenvalue weighted by molar-refractivity contribution is 5.18. The van der Waals surface area contributed by atoms with Crippen molar-refractivity contribution in [2.45, 2.75) is 25.4 Å². The van der Waals surface area contributed by atoms with E-state index in [0.717, 1.165) is 37.9 Å². The molecule has 1 unspecified atom stereocenters. The fourth-order valence-electron chi connectivity index (χ4n) is 3.26. The Kier molecular flexibility index (Phi) is 5.36. The second-order valence-corrected chi connectivity index (χ2v) is 6.38. The van der Waals surface area contributed by atoms with E-state index in [4.69, 9.17) is 0 Å². The highest BCUT2D eigenvalue weighted by atomic mass is 19.1. The normalized spacial score (nSPS) is 18.0. The van der Waals surface area contributed by atoms with Crippen molar-refractivity contribution < 1.29 is 9.50 Å². The van der Waals surface area contributed by atoms with Crippen LogP contribution in [0.25, 0.3) is 0 Å². The Labute approximate surface area is 136 Å². The lowest BCUT2D eigenvalue weighted by Gasteiger charge is -2.33. The summed E-state index contributed by atoms with van der Waals surface area (Å²) in [6.45, 7) is 2.62. The minimum absolute atomic E-state index is 0.267. The molecule has 1 aliphatic heterocycles. The van der Waals surface area contributed by atoms with Crippen LogP contribution in [0.3, 0.4) is 0 Å². The standard InChI is InChI=1S/C19H23FN2O/c20-18-5-3-17(4-6-18)19(23)14-22-10-7-15(8-11-22)12-16-2-1-9-21-13-16/h1-6,9,13,15,19,23H,7-8,10-12,14H2. The van der Waals surface area contributed by atoms with Gasteiger partial charge in [0.2, 0.25) is 0 Å². The van der Waals surface area contributed by atoms with E-state index >= 15 is 0 Å². The number of β-amino-alcohol motifs (C(OH)–C–C–N with tert-alkyl or cyclic N) is 1. The number of hydrogen-bond donors (Lipinski definition) is 1. The molecule has 2 heterocycles. The van der Waals surface area contributed by atoms with Gasteiger partial charge in [0.1, 0.15) is 5.82 Å². The number of hydrogen-bond acceptors (Lipinski definition) is 3. The molecule has 122 valence electrons. The van der Waals surface area contributed by atoms with Crippen molar-refractivity contribution in [1.82, 2.24) is 9.88 Å². The number of halogens is 1. The Morgan fingerprint density at radius 3 is 2.57 bits per heavy atom. The van der Waals surface area contributed by atoms with Crippen LogP contribution < -0.4 is 0 Å². The van der Waals surface area contributed by atoms with E-state index in [0.29, 0.717) is 12.5 Å². The van der Waals surface area contributed by atoms with Gasteiger partial charge in [-0.2, -0.15) is 0 Å². The second-order valence-electron chi connectivity index (χ2n) is 6.38. The van der Waals surface area contributed by atoms with E-state index in [-0.39, 0.29) is 5.82 Å². The van der Waals surface area contributed by atoms with E-state index in [1.807, 2.05) is 18.5 Å². The lowest BCUT2D eigenvalue weighted by atomic mass is 9.90. The number of aliphatic hydroxyl groups is 1. The molecule has 1 aliphatic rings. The van der Waals surface area contributed by atoms with E-state index in [1.165, 1.54) is 17.7 Å². The summed E-state index contributed by atoms with van der Waals surface area (Å²) in [6.07, 6.45) is 6.58. The summed E-state index contributed by atoms with van der Waals surface area (Å²) in [7, 11) is 0. The molecule has 1 N–H and O–H groups in total. The third kappa shape index (κ3) is 4.60. The Balaban J connectivity index is 1.46. The quantitative estimate of drug-likeness (QED) is 0.920. The molecule has 1 fully saturated rings. The zero-order chi connectivity index (χ0) is 16.1. The number of aromatic nitrogens is 1. The van der Waals surface area contributed by atoms with E-state index in [2.05, 4.69) is 16.0 Å². The summed E-state index contributed by atoms with van der Waals surface area (Å²) in [6, 6.07) is 10.3. The average molecular weight is 314 g/mol. The van der Waals surface area contributed by atoms with Crippen LogP contribution in [0.4, 0.5) is 4.39 Å². The minimum atomic E-state index is -0.550. The third-order valence-corrected chi connectivity index (χ3v) is 4.64. The van der Waals surface area contributed by atoms with Crippen LogP contribution in [0.1, 0.15) is 30.1 Å². The molecule has 3 rings (SSSR count). The fourth-order valence-corrected chi connectivity index (χ4v) is 3.26. The Morgan fingerprint density at radius 2 is 1.91 bits per heavy atom. The second kappa shape index (κ2) is 7.66.